The summed E-state index contributed by atoms with van der Waals surface area (Å²) in [6.07, 6.45) is 1.62. The van der Waals surface area contributed by atoms with Gasteiger partial charge in [-0.3, -0.25) is 4.79 Å². The van der Waals surface area contributed by atoms with E-state index in [1.165, 1.54) is 5.56 Å². The van der Waals surface area contributed by atoms with Crippen LogP contribution in [0.15, 0.2) is 96.1 Å². The first-order valence-corrected chi connectivity index (χ1v) is 12.1. The smallest absolute Gasteiger partial charge is 0.281 e. The van der Waals surface area contributed by atoms with Gasteiger partial charge in [-0.25, -0.2) is 5.43 Å². The lowest BCUT2D eigenvalue weighted by molar-refractivity contribution is -0.136. The number of benzene rings is 3. The number of amides is 1. The molecule has 0 unspecified atom stereocenters. The molecule has 1 amide bonds. The van der Waals surface area contributed by atoms with Crippen LogP contribution in [0.5, 0.6) is 0 Å². The Morgan fingerprint density at radius 2 is 1.36 bits per heavy atom. The Balaban J connectivity index is 1.59. The number of aryl methyl sites for hydroxylation is 1. The van der Waals surface area contributed by atoms with Gasteiger partial charge in [-0.1, -0.05) is 93.6 Å². The molecule has 0 radical (unpaired) electrons. The van der Waals surface area contributed by atoms with Gasteiger partial charge >= 0.3 is 0 Å². The van der Waals surface area contributed by atoms with E-state index in [9.17, 15) is 9.90 Å². The van der Waals surface area contributed by atoms with E-state index in [-0.39, 0.29) is 5.41 Å². The van der Waals surface area contributed by atoms with Gasteiger partial charge in [0.2, 0.25) is 0 Å². The number of nitrogens with one attached hydrogen (secondary N) is 1. The number of hydrogen-bond donors (Lipinski definition) is 2. The molecule has 0 atom stereocenters. The molecule has 4 rings (SSSR count). The maximum Gasteiger partial charge on any atom is 0.281 e. The molecule has 4 aromatic rings. The maximum absolute atomic E-state index is 13.3. The van der Waals surface area contributed by atoms with Crippen LogP contribution in [0.4, 0.5) is 0 Å². The number of aromatic nitrogens is 1. The monoisotopic (exact) mass is 479 g/mol. The minimum absolute atomic E-state index is 0.0940. The second kappa shape index (κ2) is 9.96. The van der Waals surface area contributed by atoms with E-state index >= 15 is 0 Å². The molecule has 5 nitrogen and oxygen atoms in total. The van der Waals surface area contributed by atoms with Crippen molar-refractivity contribution in [3.63, 3.8) is 0 Å². The first-order valence-electron chi connectivity index (χ1n) is 12.1. The highest BCUT2D eigenvalue weighted by Gasteiger charge is 2.39. The number of carbonyl (C=O) groups excluding carboxylic acids is 1. The molecule has 0 saturated carbocycles. The Hall–Kier alpha value is -3.96. The Kier molecular flexibility index (Phi) is 6.95. The molecule has 0 bridgehead atoms. The largest absolute Gasteiger partial charge is 0.372 e. The topological polar surface area (TPSA) is 66.6 Å². The third-order valence-corrected chi connectivity index (χ3v) is 6.54. The van der Waals surface area contributed by atoms with Gasteiger partial charge in [0, 0.05) is 22.6 Å². The molecule has 0 spiro atoms. The molecule has 0 aliphatic carbocycles. The van der Waals surface area contributed by atoms with Crippen LogP contribution < -0.4 is 5.43 Å². The SMILES string of the molecule is Cc1cc(/C=N\NC(=O)C(O)(c2ccccc2)c2ccccc2)c(C)n1-c1ccc(C(C)(C)C)cc1. The molecule has 3 aromatic carbocycles. The van der Waals surface area contributed by atoms with E-state index in [2.05, 4.69) is 60.1 Å². The molecule has 184 valence electrons. The maximum atomic E-state index is 13.3. The lowest BCUT2D eigenvalue weighted by atomic mass is 9.85. The molecule has 1 aromatic heterocycles. The number of nitrogens with zero attached hydrogens (tertiary/aromatic N) is 2. The zero-order valence-electron chi connectivity index (χ0n) is 21.5. The number of hydrazone groups is 1. The summed E-state index contributed by atoms with van der Waals surface area (Å²) in [7, 11) is 0. The van der Waals surface area contributed by atoms with Crippen LogP contribution in [0.25, 0.3) is 5.69 Å². The molecule has 5 heteroatoms. The standard InChI is InChI=1S/C31H33N3O2/c1-22-20-24(23(2)34(22)28-18-16-25(17-19-28)30(3,4)5)21-32-33-29(35)31(36,26-12-8-6-9-13-26)27-14-10-7-11-15-27/h6-21,36H,1-5H3,(H,33,35)/b32-21-. The molecule has 0 fully saturated rings. The summed E-state index contributed by atoms with van der Waals surface area (Å²) in [6, 6.07) is 28.4. The van der Waals surface area contributed by atoms with Gasteiger partial charge < -0.3 is 9.67 Å². The summed E-state index contributed by atoms with van der Waals surface area (Å²) >= 11 is 0. The first kappa shape index (κ1) is 25.1. The Morgan fingerprint density at radius 3 is 1.86 bits per heavy atom. The van der Waals surface area contributed by atoms with Crippen molar-refractivity contribution >= 4 is 12.1 Å². The van der Waals surface area contributed by atoms with Crippen molar-refractivity contribution in [2.24, 2.45) is 5.10 Å². The van der Waals surface area contributed by atoms with Crippen LogP contribution in [0.2, 0.25) is 0 Å². The van der Waals surface area contributed by atoms with Gasteiger partial charge in [-0.2, -0.15) is 5.10 Å². The molecular formula is C31H33N3O2. The van der Waals surface area contributed by atoms with E-state index in [4.69, 9.17) is 0 Å². The van der Waals surface area contributed by atoms with Crippen LogP contribution in [-0.4, -0.2) is 21.8 Å². The molecule has 0 aliphatic rings. The summed E-state index contributed by atoms with van der Waals surface area (Å²) in [4.78, 5) is 13.3. The number of aliphatic hydroxyl groups is 1. The average Bonchev–Trinajstić information content (AvgIpc) is 3.16. The molecule has 36 heavy (non-hydrogen) atoms. The Morgan fingerprint density at radius 1 is 0.833 bits per heavy atom. The van der Waals surface area contributed by atoms with Crippen LogP contribution in [0.1, 0.15) is 54.4 Å². The van der Waals surface area contributed by atoms with E-state index in [0.29, 0.717) is 11.1 Å². The highest BCUT2D eigenvalue weighted by molar-refractivity contribution is 5.91. The third kappa shape index (κ3) is 4.88. The molecule has 0 saturated heterocycles. The van der Waals surface area contributed by atoms with Crippen molar-refractivity contribution < 1.29 is 9.90 Å². The highest BCUT2D eigenvalue weighted by Crippen LogP contribution is 2.30. The Labute approximate surface area is 213 Å². The quantitative estimate of drug-likeness (QED) is 0.272. The zero-order chi connectivity index (χ0) is 25.9. The van der Waals surface area contributed by atoms with E-state index in [1.54, 1.807) is 54.7 Å². The minimum Gasteiger partial charge on any atom is -0.372 e. The lowest BCUT2D eigenvalue weighted by Crippen LogP contribution is -2.43. The number of rotatable bonds is 6. The minimum atomic E-state index is -1.87. The van der Waals surface area contributed by atoms with Crippen molar-refractivity contribution in [2.45, 2.75) is 45.6 Å². The molecule has 2 N–H and O–H groups in total. The molecule has 1 heterocycles. The van der Waals surface area contributed by atoms with E-state index in [0.717, 1.165) is 22.6 Å². The number of carbonyl (C=O) groups is 1. The molecule has 0 aliphatic heterocycles. The predicted molar refractivity (Wildman–Crippen MR) is 146 cm³/mol. The van der Waals surface area contributed by atoms with E-state index in [1.807, 2.05) is 32.0 Å². The van der Waals surface area contributed by atoms with Gasteiger partial charge in [0.15, 0.2) is 5.60 Å². The summed E-state index contributed by atoms with van der Waals surface area (Å²) < 4.78 is 2.17. The van der Waals surface area contributed by atoms with E-state index < -0.39 is 11.5 Å². The fourth-order valence-electron chi connectivity index (χ4n) is 4.46. The van der Waals surface area contributed by atoms with Gasteiger partial charge in [-0.05, 0) is 54.2 Å². The first-order chi connectivity index (χ1) is 17.1. The van der Waals surface area contributed by atoms with Crippen molar-refractivity contribution in [2.75, 3.05) is 0 Å². The van der Waals surface area contributed by atoms with Crippen molar-refractivity contribution in [3.8, 4) is 5.69 Å². The van der Waals surface area contributed by atoms with Gasteiger partial charge in [0.05, 0.1) is 6.21 Å². The summed E-state index contributed by atoms with van der Waals surface area (Å²) in [5.41, 5.74) is 7.04. The fraction of sp³-hybridized carbons (Fsp3) is 0.226. The second-order valence-corrected chi connectivity index (χ2v) is 10.1. The van der Waals surface area contributed by atoms with Crippen molar-refractivity contribution in [1.82, 2.24) is 9.99 Å². The zero-order valence-corrected chi connectivity index (χ0v) is 21.5. The Bertz CT molecular complexity index is 1320. The average molecular weight is 480 g/mol. The highest BCUT2D eigenvalue weighted by atomic mass is 16.3. The van der Waals surface area contributed by atoms with Crippen LogP contribution in [-0.2, 0) is 15.8 Å². The van der Waals surface area contributed by atoms with Crippen LogP contribution in [0, 0.1) is 13.8 Å². The fourth-order valence-corrected chi connectivity index (χ4v) is 4.46. The second-order valence-electron chi connectivity index (χ2n) is 10.1. The van der Waals surface area contributed by atoms with Gasteiger partial charge in [-0.15, -0.1) is 0 Å². The van der Waals surface area contributed by atoms with Crippen LogP contribution >= 0.6 is 0 Å². The molecular weight excluding hydrogens is 446 g/mol. The van der Waals surface area contributed by atoms with Gasteiger partial charge in [0.1, 0.15) is 0 Å². The predicted octanol–water partition coefficient (Wildman–Crippen LogP) is 5.78. The lowest BCUT2D eigenvalue weighted by Gasteiger charge is -2.27. The van der Waals surface area contributed by atoms with Crippen LogP contribution in [0.3, 0.4) is 0 Å². The normalized spacial score (nSPS) is 12.2. The third-order valence-electron chi connectivity index (χ3n) is 6.54. The summed E-state index contributed by atoms with van der Waals surface area (Å²) in [6.45, 7) is 10.7. The van der Waals surface area contributed by atoms with Crippen molar-refractivity contribution in [1.29, 1.82) is 0 Å². The summed E-state index contributed by atoms with van der Waals surface area (Å²) in [5, 5.41) is 15.8. The van der Waals surface area contributed by atoms with Crippen molar-refractivity contribution in [3.05, 3.63) is 125 Å². The summed E-state index contributed by atoms with van der Waals surface area (Å²) in [5.74, 6) is -0.622. The van der Waals surface area contributed by atoms with Gasteiger partial charge in [0.25, 0.3) is 5.91 Å². The number of hydrogen-bond acceptors (Lipinski definition) is 3.